The summed E-state index contributed by atoms with van der Waals surface area (Å²) in [5.74, 6) is 0.920. The highest BCUT2D eigenvalue weighted by Gasteiger charge is 2.19. The van der Waals surface area contributed by atoms with E-state index in [4.69, 9.17) is 18.9 Å². The van der Waals surface area contributed by atoms with Crippen LogP contribution in [0.3, 0.4) is 0 Å². The van der Waals surface area contributed by atoms with E-state index in [9.17, 15) is 9.59 Å². The van der Waals surface area contributed by atoms with Gasteiger partial charge in [0.25, 0.3) is 5.91 Å². The summed E-state index contributed by atoms with van der Waals surface area (Å²) in [7, 11) is 1.48. The number of para-hydroxylation sites is 1. The number of esters is 1. The zero-order chi connectivity index (χ0) is 21.5. The van der Waals surface area contributed by atoms with Gasteiger partial charge in [-0.2, -0.15) is 0 Å². The molecule has 30 heavy (non-hydrogen) atoms. The topological polar surface area (TPSA) is 83.1 Å². The lowest BCUT2D eigenvalue weighted by Crippen LogP contribution is -2.29. The van der Waals surface area contributed by atoms with Gasteiger partial charge < -0.3 is 24.3 Å². The average molecular weight is 411 g/mol. The number of amides is 1. The number of carbonyl (C=O) groups is 2. The van der Waals surface area contributed by atoms with Crippen LogP contribution in [0.5, 0.6) is 17.2 Å². The summed E-state index contributed by atoms with van der Waals surface area (Å²) < 4.78 is 21.3. The van der Waals surface area contributed by atoms with Gasteiger partial charge in [-0.05, 0) is 48.2 Å². The minimum Gasteiger partial charge on any atom is -0.496 e. The molecule has 0 spiro atoms. The van der Waals surface area contributed by atoms with Crippen molar-refractivity contribution in [1.82, 2.24) is 5.32 Å². The third-order valence-electron chi connectivity index (χ3n) is 4.46. The number of fused-ring (bicyclic) bond motifs is 1. The Labute approximate surface area is 175 Å². The van der Waals surface area contributed by atoms with Crippen molar-refractivity contribution in [2.75, 3.05) is 20.5 Å². The van der Waals surface area contributed by atoms with Crippen LogP contribution in [0.25, 0.3) is 6.08 Å². The molecular weight excluding hydrogens is 386 g/mol. The second-order valence-electron chi connectivity index (χ2n) is 7.14. The molecule has 7 nitrogen and oxygen atoms in total. The standard InChI is InChI=1S/C23H25NO6/c1-15(2)10-11-28-23(26)18(12-16-8-9-20-21(13-16)30-14-29-20)24-22(25)17-6-4-5-7-19(17)27-3/h4-9,12-13,15H,10-11,14H2,1-3H3,(H,24,25). The molecular formula is C23H25NO6. The Bertz CT molecular complexity index is 950. The lowest BCUT2D eigenvalue weighted by Gasteiger charge is -2.13. The maximum Gasteiger partial charge on any atom is 0.354 e. The third-order valence-corrected chi connectivity index (χ3v) is 4.46. The van der Waals surface area contributed by atoms with Gasteiger partial charge >= 0.3 is 5.97 Å². The Morgan fingerprint density at radius 1 is 1.13 bits per heavy atom. The van der Waals surface area contributed by atoms with Crippen LogP contribution in [0.15, 0.2) is 48.2 Å². The summed E-state index contributed by atoms with van der Waals surface area (Å²) in [5.41, 5.74) is 0.996. The molecule has 2 aromatic carbocycles. The van der Waals surface area contributed by atoms with Crippen molar-refractivity contribution in [2.24, 2.45) is 5.92 Å². The molecule has 0 unspecified atom stereocenters. The number of carbonyl (C=O) groups excluding carboxylic acids is 2. The van der Waals surface area contributed by atoms with Gasteiger partial charge in [0.05, 0.1) is 19.3 Å². The molecule has 0 fully saturated rings. The molecule has 0 bridgehead atoms. The van der Waals surface area contributed by atoms with Crippen LogP contribution in [0.2, 0.25) is 0 Å². The van der Waals surface area contributed by atoms with E-state index >= 15 is 0 Å². The molecule has 0 saturated heterocycles. The number of rotatable bonds is 8. The molecule has 3 rings (SSSR count). The van der Waals surface area contributed by atoms with Crippen molar-refractivity contribution in [3.05, 3.63) is 59.3 Å². The van der Waals surface area contributed by atoms with E-state index in [1.807, 2.05) is 13.8 Å². The zero-order valence-electron chi connectivity index (χ0n) is 17.3. The van der Waals surface area contributed by atoms with Crippen LogP contribution in [0, 0.1) is 5.92 Å². The maximum atomic E-state index is 12.8. The average Bonchev–Trinajstić information content (AvgIpc) is 3.20. The minimum absolute atomic E-state index is 0.0218. The summed E-state index contributed by atoms with van der Waals surface area (Å²) in [6, 6.07) is 12.0. The second-order valence-corrected chi connectivity index (χ2v) is 7.14. The Morgan fingerprint density at radius 2 is 1.90 bits per heavy atom. The summed E-state index contributed by atoms with van der Waals surface area (Å²) >= 11 is 0. The first kappa shape index (κ1) is 21.2. The van der Waals surface area contributed by atoms with Gasteiger partial charge in [0.2, 0.25) is 6.79 Å². The Balaban J connectivity index is 1.85. The van der Waals surface area contributed by atoms with Gasteiger partial charge in [0.15, 0.2) is 11.5 Å². The Kier molecular flexibility index (Phi) is 6.95. The van der Waals surface area contributed by atoms with Gasteiger partial charge in [-0.3, -0.25) is 4.79 Å². The molecule has 1 N–H and O–H groups in total. The molecule has 158 valence electrons. The molecule has 1 heterocycles. The predicted molar refractivity (Wildman–Crippen MR) is 111 cm³/mol. The predicted octanol–water partition coefficient (Wildman–Crippen LogP) is 3.78. The van der Waals surface area contributed by atoms with Crippen LogP contribution < -0.4 is 19.5 Å². The van der Waals surface area contributed by atoms with Gasteiger partial charge in [-0.1, -0.05) is 32.0 Å². The van der Waals surface area contributed by atoms with Gasteiger partial charge in [-0.15, -0.1) is 0 Å². The van der Waals surface area contributed by atoms with E-state index in [1.165, 1.54) is 7.11 Å². The number of hydrogen-bond acceptors (Lipinski definition) is 6. The van der Waals surface area contributed by atoms with Crippen LogP contribution in [-0.2, 0) is 9.53 Å². The van der Waals surface area contributed by atoms with E-state index in [0.717, 1.165) is 6.42 Å². The highest BCUT2D eigenvalue weighted by atomic mass is 16.7. The smallest absolute Gasteiger partial charge is 0.354 e. The highest BCUT2D eigenvalue weighted by molar-refractivity contribution is 6.04. The Morgan fingerprint density at radius 3 is 2.67 bits per heavy atom. The normalized spacial score (nSPS) is 12.6. The van der Waals surface area contributed by atoms with Crippen molar-refractivity contribution in [3.63, 3.8) is 0 Å². The fraction of sp³-hybridized carbons (Fsp3) is 0.304. The van der Waals surface area contributed by atoms with Crippen molar-refractivity contribution < 1.29 is 28.5 Å². The first-order chi connectivity index (χ1) is 14.5. The van der Waals surface area contributed by atoms with Crippen molar-refractivity contribution in [3.8, 4) is 17.2 Å². The lowest BCUT2D eigenvalue weighted by atomic mass is 10.1. The summed E-state index contributed by atoms with van der Waals surface area (Å²) in [5, 5.41) is 2.66. The third kappa shape index (κ3) is 5.31. The fourth-order valence-electron chi connectivity index (χ4n) is 2.80. The van der Waals surface area contributed by atoms with Gasteiger partial charge in [0, 0.05) is 0 Å². The lowest BCUT2D eigenvalue weighted by molar-refractivity contribution is -0.139. The number of hydrogen-bond donors (Lipinski definition) is 1. The fourth-order valence-corrected chi connectivity index (χ4v) is 2.80. The molecule has 7 heteroatoms. The number of ether oxygens (including phenoxy) is 4. The SMILES string of the molecule is COc1ccccc1C(=O)NC(=Cc1ccc2c(c1)OCO2)C(=O)OCCC(C)C. The highest BCUT2D eigenvalue weighted by Crippen LogP contribution is 2.33. The van der Waals surface area contributed by atoms with Crippen molar-refractivity contribution in [1.29, 1.82) is 0 Å². The van der Waals surface area contributed by atoms with Gasteiger partial charge in [-0.25, -0.2) is 4.79 Å². The second kappa shape index (κ2) is 9.82. The van der Waals surface area contributed by atoms with Crippen molar-refractivity contribution >= 4 is 18.0 Å². The van der Waals surface area contributed by atoms with Gasteiger partial charge in [0.1, 0.15) is 11.4 Å². The van der Waals surface area contributed by atoms with Crippen LogP contribution in [0.1, 0.15) is 36.2 Å². The molecule has 0 saturated carbocycles. The van der Waals surface area contributed by atoms with E-state index in [-0.39, 0.29) is 19.1 Å². The molecule has 1 aliphatic heterocycles. The molecule has 0 atom stereocenters. The first-order valence-electron chi connectivity index (χ1n) is 9.70. The van der Waals surface area contributed by atoms with E-state index < -0.39 is 11.9 Å². The molecule has 0 radical (unpaired) electrons. The van der Waals surface area contributed by atoms with E-state index in [2.05, 4.69) is 5.32 Å². The number of nitrogens with one attached hydrogen (secondary N) is 1. The molecule has 0 aliphatic carbocycles. The summed E-state index contributed by atoms with van der Waals surface area (Å²) in [6.45, 7) is 4.50. The van der Waals surface area contributed by atoms with E-state index in [0.29, 0.717) is 34.3 Å². The summed E-state index contributed by atoms with van der Waals surface area (Å²) in [6.07, 6.45) is 2.27. The van der Waals surface area contributed by atoms with E-state index in [1.54, 1.807) is 48.5 Å². The van der Waals surface area contributed by atoms with Crippen molar-refractivity contribution in [2.45, 2.75) is 20.3 Å². The number of benzene rings is 2. The quantitative estimate of drug-likeness (QED) is 0.526. The number of methoxy groups -OCH3 is 1. The molecule has 0 aromatic heterocycles. The molecule has 2 aromatic rings. The Hall–Kier alpha value is -3.48. The van der Waals surface area contributed by atoms with Crippen LogP contribution >= 0.6 is 0 Å². The largest absolute Gasteiger partial charge is 0.496 e. The monoisotopic (exact) mass is 411 g/mol. The minimum atomic E-state index is -0.614. The molecule has 1 aliphatic rings. The molecule has 1 amide bonds. The van der Waals surface area contributed by atoms with Crippen LogP contribution in [0.4, 0.5) is 0 Å². The first-order valence-corrected chi connectivity index (χ1v) is 9.70. The van der Waals surface area contributed by atoms with Crippen LogP contribution in [-0.4, -0.2) is 32.4 Å². The summed E-state index contributed by atoms with van der Waals surface area (Å²) in [4.78, 5) is 25.5. The zero-order valence-corrected chi connectivity index (χ0v) is 17.3. The maximum absolute atomic E-state index is 12.8.